The fraction of sp³-hybridized carbons (Fsp3) is 0.467. The summed E-state index contributed by atoms with van der Waals surface area (Å²) in [6, 6.07) is 8.34. The first-order valence-corrected chi connectivity index (χ1v) is 6.83. The number of aromatic nitrogens is 2. The van der Waals surface area contributed by atoms with Gasteiger partial charge in [0.2, 0.25) is 5.89 Å². The smallest absolute Gasteiger partial charge is 0.231 e. The van der Waals surface area contributed by atoms with Crippen molar-refractivity contribution in [3.63, 3.8) is 0 Å². The Balaban J connectivity index is 1.78. The molecule has 0 unspecified atom stereocenters. The van der Waals surface area contributed by atoms with Crippen molar-refractivity contribution < 1.29 is 4.52 Å². The largest absolute Gasteiger partial charge is 0.339 e. The van der Waals surface area contributed by atoms with Gasteiger partial charge in [0, 0.05) is 0 Å². The number of hydrogen-bond donors (Lipinski definition) is 1. The molecule has 3 rings (SSSR count). The second kappa shape index (κ2) is 4.78. The minimum atomic E-state index is -0.367. The van der Waals surface area contributed by atoms with E-state index in [1.54, 1.807) is 0 Å². The van der Waals surface area contributed by atoms with E-state index >= 15 is 0 Å². The monoisotopic (exact) mass is 257 g/mol. The van der Waals surface area contributed by atoms with E-state index in [-0.39, 0.29) is 5.54 Å². The molecule has 1 heterocycles. The van der Waals surface area contributed by atoms with E-state index in [4.69, 9.17) is 10.3 Å². The fourth-order valence-corrected chi connectivity index (χ4v) is 2.76. The maximum Gasteiger partial charge on any atom is 0.231 e. The van der Waals surface area contributed by atoms with Crippen LogP contribution >= 0.6 is 0 Å². The first kappa shape index (κ1) is 12.4. The molecule has 1 aromatic heterocycles. The number of nitrogens with zero attached hydrogens (tertiary/aromatic N) is 2. The lowest BCUT2D eigenvalue weighted by atomic mass is 9.99. The Morgan fingerprint density at radius 3 is 2.84 bits per heavy atom. The highest BCUT2D eigenvalue weighted by Gasteiger charge is 2.35. The Morgan fingerprint density at radius 1 is 1.32 bits per heavy atom. The maximum absolute atomic E-state index is 6.33. The van der Waals surface area contributed by atoms with E-state index < -0.39 is 0 Å². The summed E-state index contributed by atoms with van der Waals surface area (Å²) >= 11 is 0. The van der Waals surface area contributed by atoms with Gasteiger partial charge < -0.3 is 10.3 Å². The molecule has 1 aliphatic carbocycles. The molecule has 0 amide bonds. The van der Waals surface area contributed by atoms with Crippen molar-refractivity contribution in [1.29, 1.82) is 0 Å². The van der Waals surface area contributed by atoms with E-state index in [1.807, 2.05) is 6.07 Å². The maximum atomic E-state index is 6.33. The van der Waals surface area contributed by atoms with Crippen LogP contribution in [0.2, 0.25) is 0 Å². The van der Waals surface area contributed by atoms with Gasteiger partial charge in [-0.3, -0.25) is 0 Å². The van der Waals surface area contributed by atoms with Crippen molar-refractivity contribution in [3.05, 3.63) is 47.1 Å². The molecule has 1 saturated carbocycles. The van der Waals surface area contributed by atoms with Gasteiger partial charge in [-0.25, -0.2) is 0 Å². The van der Waals surface area contributed by atoms with E-state index in [0.29, 0.717) is 18.1 Å². The normalized spacial score (nSPS) is 17.8. The van der Waals surface area contributed by atoms with Crippen LogP contribution in [0.3, 0.4) is 0 Å². The molecular formula is C15H19N3O. The summed E-state index contributed by atoms with van der Waals surface area (Å²) in [7, 11) is 0. The molecule has 2 N–H and O–H groups in total. The Labute approximate surface area is 113 Å². The van der Waals surface area contributed by atoms with Crippen molar-refractivity contribution in [2.75, 3.05) is 0 Å². The molecule has 0 saturated heterocycles. The van der Waals surface area contributed by atoms with Gasteiger partial charge in [0.15, 0.2) is 5.82 Å². The molecule has 0 spiro atoms. The van der Waals surface area contributed by atoms with Crippen molar-refractivity contribution >= 4 is 0 Å². The van der Waals surface area contributed by atoms with Crippen molar-refractivity contribution in [2.24, 2.45) is 5.73 Å². The zero-order valence-electron chi connectivity index (χ0n) is 11.2. The summed E-state index contributed by atoms with van der Waals surface area (Å²) in [5.74, 6) is 1.32. The molecule has 1 fully saturated rings. The Bertz CT molecular complexity index is 570. The minimum Gasteiger partial charge on any atom is -0.339 e. The summed E-state index contributed by atoms with van der Waals surface area (Å²) in [5.41, 5.74) is 8.39. The molecule has 0 bridgehead atoms. The van der Waals surface area contributed by atoms with E-state index in [2.05, 4.69) is 35.3 Å². The van der Waals surface area contributed by atoms with Gasteiger partial charge >= 0.3 is 0 Å². The Morgan fingerprint density at radius 2 is 2.11 bits per heavy atom. The average molecular weight is 257 g/mol. The van der Waals surface area contributed by atoms with Crippen LogP contribution in [0.15, 0.2) is 28.8 Å². The zero-order valence-corrected chi connectivity index (χ0v) is 11.2. The lowest BCUT2D eigenvalue weighted by molar-refractivity contribution is 0.352. The van der Waals surface area contributed by atoms with Gasteiger partial charge in [0.05, 0.1) is 12.0 Å². The van der Waals surface area contributed by atoms with Crippen molar-refractivity contribution in [3.8, 4) is 0 Å². The van der Waals surface area contributed by atoms with Gasteiger partial charge in [0.1, 0.15) is 0 Å². The van der Waals surface area contributed by atoms with E-state index in [9.17, 15) is 0 Å². The molecule has 2 aromatic rings. The van der Waals surface area contributed by atoms with Crippen LogP contribution in [0.5, 0.6) is 0 Å². The topological polar surface area (TPSA) is 64.9 Å². The first-order chi connectivity index (χ1) is 9.16. The molecule has 4 heteroatoms. The van der Waals surface area contributed by atoms with E-state index in [0.717, 1.165) is 25.7 Å². The SMILES string of the molecule is Cc1cccc(Cc2nc(C3(N)CCCC3)no2)c1. The molecular weight excluding hydrogens is 238 g/mol. The predicted molar refractivity (Wildman–Crippen MR) is 72.6 cm³/mol. The number of hydrogen-bond acceptors (Lipinski definition) is 4. The molecule has 0 aliphatic heterocycles. The third-order valence-electron chi connectivity index (χ3n) is 3.85. The first-order valence-electron chi connectivity index (χ1n) is 6.83. The molecule has 19 heavy (non-hydrogen) atoms. The summed E-state index contributed by atoms with van der Waals surface area (Å²) in [5, 5.41) is 4.08. The Kier molecular flexibility index (Phi) is 3.11. The molecule has 0 radical (unpaired) electrons. The number of rotatable bonds is 3. The lowest BCUT2D eigenvalue weighted by Gasteiger charge is -2.17. The second-order valence-corrected chi connectivity index (χ2v) is 5.54. The summed E-state index contributed by atoms with van der Waals surface area (Å²) in [6.45, 7) is 2.08. The van der Waals surface area contributed by atoms with E-state index in [1.165, 1.54) is 11.1 Å². The zero-order chi connectivity index (χ0) is 13.3. The number of benzene rings is 1. The standard InChI is InChI=1S/C15H19N3O/c1-11-5-4-6-12(9-11)10-13-17-14(18-19-13)15(16)7-2-3-8-15/h4-6,9H,2-3,7-8,10,16H2,1H3. The van der Waals surface area contributed by atoms with Crippen LogP contribution in [0.4, 0.5) is 0 Å². The highest BCUT2D eigenvalue weighted by Crippen LogP contribution is 2.34. The summed E-state index contributed by atoms with van der Waals surface area (Å²) < 4.78 is 5.34. The summed E-state index contributed by atoms with van der Waals surface area (Å²) in [4.78, 5) is 4.49. The highest BCUT2D eigenvalue weighted by molar-refractivity contribution is 5.24. The minimum absolute atomic E-state index is 0.367. The van der Waals surface area contributed by atoms with Gasteiger partial charge in [-0.05, 0) is 25.3 Å². The van der Waals surface area contributed by atoms with Crippen LogP contribution in [0.1, 0.15) is 48.5 Å². The van der Waals surface area contributed by atoms with Crippen LogP contribution in [-0.4, -0.2) is 10.1 Å². The van der Waals surface area contributed by atoms with Crippen LogP contribution in [0, 0.1) is 6.92 Å². The van der Waals surface area contributed by atoms with Gasteiger partial charge in [0.25, 0.3) is 0 Å². The second-order valence-electron chi connectivity index (χ2n) is 5.54. The predicted octanol–water partition coefficient (Wildman–Crippen LogP) is 2.70. The third-order valence-corrected chi connectivity index (χ3v) is 3.85. The van der Waals surface area contributed by atoms with Crippen molar-refractivity contribution in [1.82, 2.24) is 10.1 Å². The molecule has 0 atom stereocenters. The fourth-order valence-electron chi connectivity index (χ4n) is 2.76. The molecule has 1 aliphatic rings. The van der Waals surface area contributed by atoms with Gasteiger partial charge in [-0.15, -0.1) is 0 Å². The lowest BCUT2D eigenvalue weighted by Crippen LogP contribution is -2.34. The van der Waals surface area contributed by atoms with Gasteiger partial charge in [-0.1, -0.05) is 47.8 Å². The average Bonchev–Trinajstić information content (AvgIpc) is 2.99. The van der Waals surface area contributed by atoms with Crippen molar-refractivity contribution in [2.45, 2.75) is 44.6 Å². The highest BCUT2D eigenvalue weighted by atomic mass is 16.5. The van der Waals surface area contributed by atoms with Gasteiger partial charge in [-0.2, -0.15) is 4.98 Å². The molecule has 1 aromatic carbocycles. The third kappa shape index (κ3) is 2.54. The van der Waals surface area contributed by atoms with Crippen LogP contribution < -0.4 is 5.73 Å². The Hall–Kier alpha value is -1.68. The van der Waals surface area contributed by atoms with Crippen LogP contribution in [-0.2, 0) is 12.0 Å². The molecule has 100 valence electrons. The molecule has 4 nitrogen and oxygen atoms in total. The number of aryl methyl sites for hydroxylation is 1. The quantitative estimate of drug-likeness (QED) is 0.918. The summed E-state index contributed by atoms with van der Waals surface area (Å²) in [6.07, 6.45) is 4.88. The number of nitrogens with two attached hydrogens (primary N) is 1. The van der Waals surface area contributed by atoms with Crippen LogP contribution in [0.25, 0.3) is 0 Å².